The van der Waals surface area contributed by atoms with Crippen molar-refractivity contribution in [3.63, 3.8) is 0 Å². The predicted octanol–water partition coefficient (Wildman–Crippen LogP) is 4.05. The number of amides is 4. The zero-order valence-electron chi connectivity index (χ0n) is 30.1. The maximum atomic E-state index is 14.4. The van der Waals surface area contributed by atoms with Crippen LogP contribution >= 0.6 is 0 Å². The second kappa shape index (κ2) is 15.5. The van der Waals surface area contributed by atoms with Crippen molar-refractivity contribution < 1.29 is 38.2 Å². The van der Waals surface area contributed by atoms with Crippen molar-refractivity contribution in [3.8, 4) is 0 Å². The van der Waals surface area contributed by atoms with Gasteiger partial charge in [-0.1, -0.05) is 82.7 Å². The van der Waals surface area contributed by atoms with Crippen LogP contribution in [0.25, 0.3) is 0 Å². The third-order valence-electron chi connectivity index (χ3n) is 11.1. The van der Waals surface area contributed by atoms with Crippen molar-refractivity contribution in [1.29, 1.82) is 0 Å². The zero-order valence-corrected chi connectivity index (χ0v) is 30.1. The summed E-state index contributed by atoms with van der Waals surface area (Å²) in [6, 6.07) is 6.28. The molecule has 5 rings (SSSR count). The van der Waals surface area contributed by atoms with Crippen LogP contribution in [0.5, 0.6) is 0 Å². The van der Waals surface area contributed by atoms with Crippen LogP contribution in [0.15, 0.2) is 30.3 Å². The molecular formula is C38H54N4O8. The summed E-state index contributed by atoms with van der Waals surface area (Å²) in [5.41, 5.74) is -0.150. The summed E-state index contributed by atoms with van der Waals surface area (Å²) in [5, 5.41) is 8.09. The summed E-state index contributed by atoms with van der Waals surface area (Å²) in [6.45, 7) is 9.35. The number of nitrogens with zero attached hydrogens (tertiary/aromatic N) is 1. The topological polar surface area (TPSA) is 160 Å². The first-order chi connectivity index (χ1) is 23.7. The molecule has 3 aliphatic carbocycles. The van der Waals surface area contributed by atoms with Gasteiger partial charge in [0.05, 0.1) is 6.04 Å². The molecule has 1 aromatic carbocycles. The number of esters is 1. The fraction of sp³-hybridized carbons (Fsp3) is 0.684. The molecule has 1 heterocycles. The SMILES string of the molecule is CC(C)(C)OC(=O)N[C@H](C(=O)N1CC2C([C@H]1C(=O)NC(CC1CCC1)C(=O)C(=O)NCC(=O)OCc1ccccc1)C2(C)C)C1CCCCC1. The Morgan fingerprint density at radius 3 is 2.22 bits per heavy atom. The van der Waals surface area contributed by atoms with Gasteiger partial charge in [-0.05, 0) is 74.7 Å². The molecule has 3 unspecified atom stereocenters. The Balaban J connectivity index is 1.27. The molecule has 4 amide bonds. The van der Waals surface area contributed by atoms with E-state index in [1.54, 1.807) is 37.8 Å². The number of carbonyl (C=O) groups is 6. The Morgan fingerprint density at radius 2 is 1.60 bits per heavy atom. The van der Waals surface area contributed by atoms with Crippen molar-refractivity contribution in [2.75, 3.05) is 13.1 Å². The molecule has 3 saturated carbocycles. The van der Waals surface area contributed by atoms with E-state index >= 15 is 0 Å². The third kappa shape index (κ3) is 9.03. The Hall–Kier alpha value is -3.96. The summed E-state index contributed by atoms with van der Waals surface area (Å²) >= 11 is 0. The molecule has 4 aliphatic rings. The molecular weight excluding hydrogens is 640 g/mol. The number of ketones is 1. The van der Waals surface area contributed by atoms with Gasteiger partial charge in [-0.3, -0.25) is 24.0 Å². The summed E-state index contributed by atoms with van der Waals surface area (Å²) in [5.74, 6) is -3.27. The summed E-state index contributed by atoms with van der Waals surface area (Å²) in [6.07, 6.45) is 6.92. The number of Topliss-reactive ketones (excluding diaryl/α,β-unsaturated/α-hetero) is 1. The van der Waals surface area contributed by atoms with Gasteiger partial charge >= 0.3 is 12.1 Å². The number of piperidine rings is 1. The van der Waals surface area contributed by atoms with Gasteiger partial charge in [-0.2, -0.15) is 0 Å². The van der Waals surface area contributed by atoms with Gasteiger partial charge in [0.2, 0.25) is 17.6 Å². The maximum Gasteiger partial charge on any atom is 0.408 e. The van der Waals surface area contributed by atoms with Crippen LogP contribution in [0, 0.1) is 29.1 Å². The van der Waals surface area contributed by atoms with Crippen molar-refractivity contribution in [3.05, 3.63) is 35.9 Å². The average Bonchev–Trinajstić information content (AvgIpc) is 3.36. The number of nitrogens with one attached hydrogen (secondary N) is 3. The molecule has 4 fully saturated rings. The first kappa shape index (κ1) is 37.3. The minimum absolute atomic E-state index is 0.0356. The van der Waals surface area contributed by atoms with Crippen molar-refractivity contribution in [1.82, 2.24) is 20.9 Å². The lowest BCUT2D eigenvalue weighted by Crippen LogP contribution is -2.60. The number of rotatable bonds is 13. The normalized spacial score (nSPS) is 24.1. The molecule has 0 radical (unpaired) electrons. The first-order valence-electron chi connectivity index (χ1n) is 18.3. The highest BCUT2D eigenvalue weighted by atomic mass is 16.6. The smallest absolute Gasteiger partial charge is 0.408 e. The summed E-state index contributed by atoms with van der Waals surface area (Å²) < 4.78 is 10.7. The van der Waals surface area contributed by atoms with Crippen LogP contribution in [-0.2, 0) is 40.1 Å². The van der Waals surface area contributed by atoms with Gasteiger partial charge < -0.3 is 30.3 Å². The van der Waals surface area contributed by atoms with E-state index in [9.17, 15) is 28.8 Å². The van der Waals surface area contributed by atoms with E-state index in [4.69, 9.17) is 9.47 Å². The fourth-order valence-electron chi connectivity index (χ4n) is 8.01. The molecule has 50 heavy (non-hydrogen) atoms. The first-order valence-corrected chi connectivity index (χ1v) is 18.3. The van der Waals surface area contributed by atoms with Crippen LogP contribution < -0.4 is 16.0 Å². The largest absolute Gasteiger partial charge is 0.460 e. The minimum atomic E-state index is -1.11. The Morgan fingerprint density at radius 1 is 0.920 bits per heavy atom. The molecule has 274 valence electrons. The van der Waals surface area contributed by atoms with Gasteiger partial charge in [-0.25, -0.2) is 4.79 Å². The molecule has 5 atom stereocenters. The van der Waals surface area contributed by atoms with Gasteiger partial charge in [0.15, 0.2) is 0 Å². The standard InChI is InChI=1S/C38H54N4O8/c1-37(2,3)50-36(48)41-30(25-17-10-7-11-18-25)35(47)42-21-26-29(38(26,4)5)31(42)33(45)40-27(19-23-15-12-16-23)32(44)34(46)39-20-28(43)49-22-24-13-8-6-9-14-24/h6,8-9,13-14,23,25-27,29-31H,7,10-12,15-22H2,1-5H3,(H,39,46)(H,40,45)(H,41,48)/t26?,27?,29?,30-,31-/m0/s1. The lowest BCUT2D eigenvalue weighted by Gasteiger charge is -2.37. The van der Waals surface area contributed by atoms with Crippen LogP contribution in [0.3, 0.4) is 0 Å². The van der Waals surface area contributed by atoms with Crippen LogP contribution in [0.2, 0.25) is 0 Å². The molecule has 1 saturated heterocycles. The fourth-order valence-corrected chi connectivity index (χ4v) is 8.01. The molecule has 1 aliphatic heterocycles. The maximum absolute atomic E-state index is 14.4. The van der Waals surface area contributed by atoms with Gasteiger partial charge in [0.1, 0.15) is 30.8 Å². The summed E-state index contributed by atoms with van der Waals surface area (Å²) in [7, 11) is 0. The lowest BCUT2D eigenvalue weighted by atomic mass is 9.80. The highest BCUT2D eigenvalue weighted by Crippen LogP contribution is 2.65. The molecule has 12 nitrogen and oxygen atoms in total. The van der Waals surface area contributed by atoms with Gasteiger partial charge in [0.25, 0.3) is 5.91 Å². The van der Waals surface area contributed by atoms with E-state index in [-0.39, 0.29) is 41.6 Å². The number of ether oxygens (including phenoxy) is 2. The lowest BCUT2D eigenvalue weighted by molar-refractivity contribution is -0.147. The molecule has 0 spiro atoms. The van der Waals surface area contributed by atoms with Crippen LogP contribution in [0.4, 0.5) is 4.79 Å². The summed E-state index contributed by atoms with van der Waals surface area (Å²) in [4.78, 5) is 82.0. The molecule has 0 aromatic heterocycles. The molecule has 12 heteroatoms. The number of alkyl carbamates (subject to hydrolysis) is 1. The van der Waals surface area contributed by atoms with E-state index in [2.05, 4.69) is 29.8 Å². The zero-order chi connectivity index (χ0) is 36.2. The van der Waals surface area contributed by atoms with Crippen LogP contribution in [-0.4, -0.2) is 77.3 Å². The Bertz CT molecular complexity index is 1430. The van der Waals surface area contributed by atoms with E-state index < -0.39 is 59.9 Å². The van der Waals surface area contributed by atoms with Crippen molar-refractivity contribution in [2.45, 2.75) is 123 Å². The number of hydrogen-bond donors (Lipinski definition) is 3. The van der Waals surface area contributed by atoms with E-state index in [1.807, 2.05) is 18.2 Å². The molecule has 1 aromatic rings. The van der Waals surface area contributed by atoms with Crippen molar-refractivity contribution in [2.24, 2.45) is 29.1 Å². The Labute approximate surface area is 295 Å². The number of fused-ring (bicyclic) bond motifs is 1. The molecule has 3 N–H and O–H groups in total. The number of benzene rings is 1. The minimum Gasteiger partial charge on any atom is -0.460 e. The van der Waals surface area contributed by atoms with Gasteiger partial charge in [-0.15, -0.1) is 0 Å². The molecule has 0 bridgehead atoms. The quantitative estimate of drug-likeness (QED) is 0.206. The Kier molecular flexibility index (Phi) is 11.6. The number of carbonyl (C=O) groups excluding carboxylic acids is 6. The third-order valence-corrected chi connectivity index (χ3v) is 11.1. The van der Waals surface area contributed by atoms with Crippen molar-refractivity contribution >= 4 is 35.6 Å². The predicted molar refractivity (Wildman–Crippen MR) is 184 cm³/mol. The second-order valence-corrected chi connectivity index (χ2v) is 16.2. The number of hydrogen-bond acceptors (Lipinski definition) is 8. The average molecular weight is 695 g/mol. The number of likely N-dealkylation sites (tertiary alicyclic amines) is 1. The second-order valence-electron chi connectivity index (χ2n) is 16.2. The highest BCUT2D eigenvalue weighted by Gasteiger charge is 2.69. The van der Waals surface area contributed by atoms with E-state index in [0.717, 1.165) is 56.9 Å². The monoisotopic (exact) mass is 694 g/mol. The highest BCUT2D eigenvalue weighted by molar-refractivity contribution is 6.38. The van der Waals surface area contributed by atoms with E-state index in [1.165, 1.54) is 0 Å². The van der Waals surface area contributed by atoms with Crippen LogP contribution in [0.1, 0.15) is 98.0 Å². The van der Waals surface area contributed by atoms with E-state index in [0.29, 0.717) is 13.0 Å². The van der Waals surface area contributed by atoms with Gasteiger partial charge in [0, 0.05) is 6.54 Å².